The number of nitrogens with zero attached hydrogens (tertiary/aromatic N) is 2. The van der Waals surface area contributed by atoms with Gasteiger partial charge in [0, 0.05) is 13.8 Å². The SMILES string of the molecule is CC(=O)N1CC(=O)N(C(C)=O)CC1=O.O=C1CNC(=O)CN1. The molecule has 0 spiro atoms. The van der Waals surface area contributed by atoms with E-state index in [0.717, 1.165) is 9.80 Å². The summed E-state index contributed by atoms with van der Waals surface area (Å²) in [6, 6.07) is 0. The number of carbonyl (C=O) groups is 6. The lowest BCUT2D eigenvalue weighted by Crippen LogP contribution is -2.56. The lowest BCUT2D eigenvalue weighted by Gasteiger charge is -2.29. The highest BCUT2D eigenvalue weighted by Gasteiger charge is 2.33. The summed E-state index contributed by atoms with van der Waals surface area (Å²) in [5, 5.41) is 4.76. The molecule has 6 amide bonds. The molecule has 0 radical (unpaired) electrons. The van der Waals surface area contributed by atoms with E-state index in [0.29, 0.717) is 0 Å². The third-order valence-corrected chi connectivity index (χ3v) is 2.84. The van der Waals surface area contributed by atoms with Gasteiger partial charge in [0.15, 0.2) is 0 Å². The van der Waals surface area contributed by atoms with E-state index in [1.54, 1.807) is 0 Å². The van der Waals surface area contributed by atoms with Crippen LogP contribution in [0.25, 0.3) is 0 Å². The van der Waals surface area contributed by atoms with E-state index in [2.05, 4.69) is 10.6 Å². The first-order valence-electron chi connectivity index (χ1n) is 6.37. The molecule has 22 heavy (non-hydrogen) atoms. The Morgan fingerprint density at radius 3 is 1.32 bits per heavy atom. The summed E-state index contributed by atoms with van der Waals surface area (Å²) in [7, 11) is 0. The van der Waals surface area contributed by atoms with E-state index in [9.17, 15) is 28.8 Å². The zero-order valence-electron chi connectivity index (χ0n) is 12.2. The van der Waals surface area contributed by atoms with E-state index < -0.39 is 23.6 Å². The Kier molecular flexibility index (Phi) is 5.72. The van der Waals surface area contributed by atoms with Gasteiger partial charge in [-0.1, -0.05) is 0 Å². The molecule has 2 saturated heterocycles. The molecule has 0 saturated carbocycles. The summed E-state index contributed by atoms with van der Waals surface area (Å²) in [4.78, 5) is 66.5. The first-order valence-corrected chi connectivity index (χ1v) is 6.37. The van der Waals surface area contributed by atoms with Crippen molar-refractivity contribution in [1.82, 2.24) is 20.4 Å². The highest BCUT2D eigenvalue weighted by molar-refractivity contribution is 6.08. The van der Waals surface area contributed by atoms with Gasteiger partial charge in [-0.2, -0.15) is 0 Å². The maximum atomic E-state index is 11.3. The van der Waals surface area contributed by atoms with Crippen molar-refractivity contribution in [2.24, 2.45) is 0 Å². The van der Waals surface area contributed by atoms with Crippen LogP contribution in [0.15, 0.2) is 0 Å². The number of imide groups is 2. The quantitative estimate of drug-likeness (QED) is 0.489. The van der Waals surface area contributed by atoms with Crippen molar-refractivity contribution in [2.75, 3.05) is 26.2 Å². The Balaban J connectivity index is 0.000000255. The van der Waals surface area contributed by atoms with Gasteiger partial charge in [0.1, 0.15) is 13.1 Å². The Morgan fingerprint density at radius 2 is 1.09 bits per heavy atom. The van der Waals surface area contributed by atoms with Crippen LogP contribution in [-0.4, -0.2) is 71.4 Å². The van der Waals surface area contributed by atoms with Crippen LogP contribution in [0, 0.1) is 0 Å². The zero-order valence-corrected chi connectivity index (χ0v) is 12.2. The fourth-order valence-corrected chi connectivity index (χ4v) is 1.67. The van der Waals surface area contributed by atoms with Crippen molar-refractivity contribution < 1.29 is 28.8 Å². The largest absolute Gasteiger partial charge is 0.346 e. The second-order valence-corrected chi connectivity index (χ2v) is 4.55. The molecule has 0 aromatic carbocycles. The van der Waals surface area contributed by atoms with Crippen LogP contribution in [0.4, 0.5) is 0 Å². The van der Waals surface area contributed by atoms with Crippen LogP contribution >= 0.6 is 0 Å². The molecule has 2 aliphatic heterocycles. The smallest absolute Gasteiger partial charge is 0.249 e. The zero-order chi connectivity index (χ0) is 16.9. The van der Waals surface area contributed by atoms with Gasteiger partial charge in [0.2, 0.25) is 35.4 Å². The number of nitrogens with one attached hydrogen (secondary N) is 2. The monoisotopic (exact) mass is 312 g/mol. The fourth-order valence-electron chi connectivity index (χ4n) is 1.67. The summed E-state index contributed by atoms with van der Waals surface area (Å²) < 4.78 is 0. The molecule has 0 aromatic heterocycles. The summed E-state index contributed by atoms with van der Waals surface area (Å²) in [5.74, 6) is -2.24. The summed E-state index contributed by atoms with van der Waals surface area (Å²) in [6.07, 6.45) is 0. The minimum Gasteiger partial charge on any atom is -0.346 e. The van der Waals surface area contributed by atoms with Crippen molar-refractivity contribution in [2.45, 2.75) is 13.8 Å². The van der Waals surface area contributed by atoms with Crippen LogP contribution in [0.1, 0.15) is 13.8 Å². The van der Waals surface area contributed by atoms with Crippen molar-refractivity contribution in [3.8, 4) is 0 Å². The molecular formula is C12H16N4O6. The number of hydrogen-bond donors (Lipinski definition) is 2. The van der Waals surface area contributed by atoms with Gasteiger partial charge >= 0.3 is 0 Å². The van der Waals surface area contributed by atoms with Gasteiger partial charge in [-0.05, 0) is 0 Å². The first kappa shape index (κ1) is 17.3. The number of amides is 6. The topological polar surface area (TPSA) is 133 Å². The van der Waals surface area contributed by atoms with Crippen molar-refractivity contribution in [3.63, 3.8) is 0 Å². The van der Waals surface area contributed by atoms with Crippen LogP contribution in [0.2, 0.25) is 0 Å². The van der Waals surface area contributed by atoms with Crippen LogP contribution in [0.5, 0.6) is 0 Å². The van der Waals surface area contributed by atoms with Gasteiger partial charge in [-0.3, -0.25) is 38.6 Å². The van der Waals surface area contributed by atoms with E-state index in [1.807, 2.05) is 0 Å². The molecule has 0 unspecified atom stereocenters. The average molecular weight is 312 g/mol. The Bertz CT molecular complexity index is 484. The fraction of sp³-hybridized carbons (Fsp3) is 0.500. The second-order valence-electron chi connectivity index (χ2n) is 4.55. The summed E-state index contributed by atoms with van der Waals surface area (Å²) >= 11 is 0. The molecular weight excluding hydrogens is 296 g/mol. The Labute approximate surface area is 125 Å². The molecule has 2 N–H and O–H groups in total. The second kappa shape index (κ2) is 7.29. The molecule has 0 atom stereocenters. The van der Waals surface area contributed by atoms with Crippen LogP contribution in [-0.2, 0) is 28.8 Å². The molecule has 2 fully saturated rings. The number of rotatable bonds is 0. The van der Waals surface area contributed by atoms with Crippen LogP contribution < -0.4 is 10.6 Å². The van der Waals surface area contributed by atoms with Gasteiger partial charge in [-0.25, -0.2) is 0 Å². The molecule has 2 aliphatic rings. The lowest BCUT2D eigenvalue weighted by molar-refractivity contribution is -0.161. The molecule has 10 heteroatoms. The normalized spacial score (nSPS) is 18.1. The highest BCUT2D eigenvalue weighted by atomic mass is 16.2. The molecule has 0 aliphatic carbocycles. The summed E-state index contributed by atoms with van der Waals surface area (Å²) in [6.45, 7) is 1.97. The molecule has 10 nitrogen and oxygen atoms in total. The Morgan fingerprint density at radius 1 is 0.773 bits per heavy atom. The third kappa shape index (κ3) is 4.65. The Hall–Kier alpha value is -2.78. The molecule has 0 bridgehead atoms. The standard InChI is InChI=1S/C8H10N2O4.C4H6N2O2/c1-5(11)9-3-8(14)10(6(2)12)4-7(9)13;7-3-1-5-4(8)2-6-3/h3-4H2,1-2H3;1-2H2,(H,5,8)(H,6,7). The molecule has 2 rings (SSSR count). The highest BCUT2D eigenvalue weighted by Crippen LogP contribution is 2.05. The summed E-state index contributed by atoms with van der Waals surface area (Å²) in [5.41, 5.74) is 0. The average Bonchev–Trinajstić information content (AvgIpc) is 2.44. The van der Waals surface area contributed by atoms with Crippen molar-refractivity contribution >= 4 is 35.4 Å². The number of carbonyl (C=O) groups excluding carboxylic acids is 6. The number of piperazine rings is 2. The maximum Gasteiger partial charge on any atom is 0.249 e. The van der Waals surface area contributed by atoms with Crippen molar-refractivity contribution in [1.29, 1.82) is 0 Å². The molecule has 120 valence electrons. The van der Waals surface area contributed by atoms with Gasteiger partial charge in [-0.15, -0.1) is 0 Å². The predicted octanol–water partition coefficient (Wildman–Crippen LogP) is -3.02. The number of hydrogen-bond acceptors (Lipinski definition) is 6. The van der Waals surface area contributed by atoms with Gasteiger partial charge in [0.25, 0.3) is 0 Å². The van der Waals surface area contributed by atoms with Gasteiger partial charge < -0.3 is 10.6 Å². The first-order chi connectivity index (χ1) is 10.2. The lowest BCUT2D eigenvalue weighted by atomic mass is 10.3. The van der Waals surface area contributed by atoms with E-state index in [4.69, 9.17) is 0 Å². The molecule has 2 heterocycles. The predicted molar refractivity (Wildman–Crippen MR) is 70.8 cm³/mol. The van der Waals surface area contributed by atoms with E-state index in [1.165, 1.54) is 13.8 Å². The maximum absolute atomic E-state index is 11.3. The van der Waals surface area contributed by atoms with Crippen molar-refractivity contribution in [3.05, 3.63) is 0 Å². The van der Waals surface area contributed by atoms with Gasteiger partial charge in [0.05, 0.1) is 13.1 Å². The minimum absolute atomic E-state index is 0.121. The van der Waals surface area contributed by atoms with Crippen LogP contribution in [0.3, 0.4) is 0 Å². The molecule has 0 aromatic rings. The van der Waals surface area contributed by atoms with E-state index in [-0.39, 0.29) is 38.0 Å². The van der Waals surface area contributed by atoms with E-state index >= 15 is 0 Å². The third-order valence-electron chi connectivity index (χ3n) is 2.84. The minimum atomic E-state index is -0.521.